The number of hydrogen-bond acceptors (Lipinski definition) is 3. The molecule has 1 aromatic carbocycles. The van der Waals surface area contributed by atoms with Gasteiger partial charge < -0.3 is 10.5 Å². The molecule has 2 unspecified atom stereocenters. The predicted octanol–water partition coefficient (Wildman–Crippen LogP) is 4.36. The highest BCUT2D eigenvalue weighted by atomic mass is 16.5. The Labute approximate surface area is 148 Å². The third kappa shape index (κ3) is 4.31. The maximum atomic E-state index is 5.92. The lowest BCUT2D eigenvalue weighted by molar-refractivity contribution is 0.281. The average molecular weight is 333 g/mol. The number of nitrogens with two attached hydrogens (primary N) is 1. The van der Waals surface area contributed by atoms with Crippen LogP contribution in [0.15, 0.2) is 18.2 Å². The second-order valence-electron chi connectivity index (χ2n) is 9.37. The molecule has 0 aliphatic carbocycles. The summed E-state index contributed by atoms with van der Waals surface area (Å²) >= 11 is 0. The number of nitrogens with zero attached hydrogens (tertiary/aromatic N) is 1. The normalized spacial score (nSPS) is 22.8. The van der Waals surface area contributed by atoms with Crippen LogP contribution in [0, 0.1) is 11.3 Å². The molecule has 0 spiro atoms. The topological polar surface area (TPSA) is 38.5 Å². The fraction of sp³-hybridized carbons (Fsp3) is 0.714. The van der Waals surface area contributed by atoms with E-state index in [-0.39, 0.29) is 5.41 Å². The van der Waals surface area contributed by atoms with Crippen LogP contribution in [0.2, 0.25) is 0 Å². The molecule has 136 valence electrons. The Kier molecular flexibility index (Phi) is 5.66. The minimum absolute atomic E-state index is 0.143. The van der Waals surface area contributed by atoms with Crippen LogP contribution in [-0.2, 0) is 5.41 Å². The van der Waals surface area contributed by atoms with Crippen molar-refractivity contribution < 1.29 is 4.74 Å². The average Bonchev–Trinajstić information content (AvgIpc) is 2.85. The van der Waals surface area contributed by atoms with E-state index in [1.807, 2.05) is 0 Å². The summed E-state index contributed by atoms with van der Waals surface area (Å²) in [4.78, 5) is 2.43. The molecule has 0 amide bonds. The smallest absolute Gasteiger partial charge is 0.123 e. The van der Waals surface area contributed by atoms with Gasteiger partial charge in [0.1, 0.15) is 5.75 Å². The van der Waals surface area contributed by atoms with Crippen molar-refractivity contribution >= 4 is 0 Å². The largest absolute Gasteiger partial charge is 0.496 e. The molecule has 0 radical (unpaired) electrons. The van der Waals surface area contributed by atoms with Crippen LogP contribution in [0.3, 0.4) is 0 Å². The fourth-order valence-corrected chi connectivity index (χ4v) is 4.48. The molecule has 2 rings (SSSR count). The van der Waals surface area contributed by atoms with Crippen molar-refractivity contribution in [3.05, 3.63) is 29.3 Å². The molecule has 1 heterocycles. The Bertz CT molecular complexity index is 559. The van der Waals surface area contributed by atoms with E-state index in [4.69, 9.17) is 10.5 Å². The molecule has 3 nitrogen and oxygen atoms in total. The summed E-state index contributed by atoms with van der Waals surface area (Å²) in [5.74, 6) is 1.58. The zero-order valence-corrected chi connectivity index (χ0v) is 16.6. The van der Waals surface area contributed by atoms with Gasteiger partial charge in [0.2, 0.25) is 0 Å². The maximum Gasteiger partial charge on any atom is 0.123 e. The first-order valence-electron chi connectivity index (χ1n) is 9.16. The SMILES string of the molecule is COc1ccc(C(C)(C)CC(C)(C)C)cc1C1CC(CN)CN1C. The van der Waals surface area contributed by atoms with Crippen molar-refractivity contribution in [1.29, 1.82) is 0 Å². The number of rotatable bonds is 5. The van der Waals surface area contributed by atoms with Gasteiger partial charge >= 0.3 is 0 Å². The molecule has 3 heteroatoms. The molecule has 0 bridgehead atoms. The van der Waals surface area contributed by atoms with E-state index in [0.717, 1.165) is 31.7 Å². The van der Waals surface area contributed by atoms with Gasteiger partial charge in [0.25, 0.3) is 0 Å². The van der Waals surface area contributed by atoms with Crippen molar-refractivity contribution in [3.8, 4) is 5.75 Å². The summed E-state index contributed by atoms with van der Waals surface area (Å²) in [6, 6.07) is 7.17. The lowest BCUT2D eigenvalue weighted by Crippen LogP contribution is -2.25. The van der Waals surface area contributed by atoms with Crippen molar-refractivity contribution in [2.45, 2.75) is 58.9 Å². The Balaban J connectivity index is 2.38. The van der Waals surface area contributed by atoms with Crippen LogP contribution < -0.4 is 10.5 Å². The first kappa shape index (κ1) is 19.3. The van der Waals surface area contributed by atoms with Gasteiger partial charge in [-0.15, -0.1) is 0 Å². The Morgan fingerprint density at radius 1 is 1.21 bits per heavy atom. The number of ether oxygens (including phenoxy) is 1. The standard InChI is InChI=1S/C21H36N2O/c1-20(2,3)14-21(4,5)16-8-9-19(24-7)17(11-16)18-10-15(12-22)13-23(18)6/h8-9,11,15,18H,10,12-14,22H2,1-7H3. The summed E-state index contributed by atoms with van der Waals surface area (Å²) < 4.78 is 5.69. The predicted molar refractivity (Wildman–Crippen MR) is 103 cm³/mol. The molecule has 24 heavy (non-hydrogen) atoms. The highest BCUT2D eigenvalue weighted by Gasteiger charge is 2.33. The van der Waals surface area contributed by atoms with Gasteiger partial charge in [0.15, 0.2) is 0 Å². The van der Waals surface area contributed by atoms with E-state index in [2.05, 4.69) is 64.8 Å². The van der Waals surface area contributed by atoms with Crippen LogP contribution in [0.1, 0.15) is 64.6 Å². The van der Waals surface area contributed by atoms with Gasteiger partial charge in [-0.25, -0.2) is 0 Å². The summed E-state index contributed by atoms with van der Waals surface area (Å²) in [5, 5.41) is 0. The number of methoxy groups -OCH3 is 1. The molecule has 1 fully saturated rings. The molecule has 2 atom stereocenters. The Morgan fingerprint density at radius 2 is 1.88 bits per heavy atom. The quantitative estimate of drug-likeness (QED) is 0.870. The van der Waals surface area contributed by atoms with Crippen LogP contribution in [0.5, 0.6) is 5.75 Å². The first-order valence-corrected chi connectivity index (χ1v) is 9.16. The Hall–Kier alpha value is -1.06. The molecule has 1 aromatic rings. The number of likely N-dealkylation sites (tertiary alicyclic amines) is 1. The van der Waals surface area contributed by atoms with E-state index in [0.29, 0.717) is 17.4 Å². The lowest BCUT2D eigenvalue weighted by Gasteiger charge is -2.34. The molecule has 0 saturated carbocycles. The van der Waals surface area contributed by atoms with Gasteiger partial charge in [-0.05, 0) is 60.9 Å². The minimum atomic E-state index is 0.143. The molecule has 2 N–H and O–H groups in total. The summed E-state index contributed by atoms with van der Waals surface area (Å²) in [7, 11) is 3.97. The van der Waals surface area contributed by atoms with Crippen LogP contribution in [-0.4, -0.2) is 32.1 Å². The molecule has 1 aliphatic rings. The summed E-state index contributed by atoms with van der Waals surface area (Å²) in [6.07, 6.45) is 2.27. The highest BCUT2D eigenvalue weighted by Crippen LogP contribution is 2.42. The van der Waals surface area contributed by atoms with E-state index in [1.165, 1.54) is 11.1 Å². The third-order valence-corrected chi connectivity index (χ3v) is 5.31. The molecular formula is C21H36N2O. The van der Waals surface area contributed by atoms with E-state index >= 15 is 0 Å². The van der Waals surface area contributed by atoms with Gasteiger partial charge in [-0.2, -0.15) is 0 Å². The molecule has 1 saturated heterocycles. The third-order valence-electron chi connectivity index (χ3n) is 5.31. The molecule has 1 aliphatic heterocycles. The lowest BCUT2D eigenvalue weighted by atomic mass is 9.72. The van der Waals surface area contributed by atoms with Gasteiger partial charge in [0, 0.05) is 18.2 Å². The van der Waals surface area contributed by atoms with E-state index in [9.17, 15) is 0 Å². The summed E-state index contributed by atoms with van der Waals surface area (Å²) in [5.41, 5.74) is 9.08. The number of hydrogen-bond donors (Lipinski definition) is 1. The van der Waals surface area contributed by atoms with Crippen molar-refractivity contribution in [1.82, 2.24) is 4.90 Å². The highest BCUT2D eigenvalue weighted by molar-refractivity contribution is 5.42. The second-order valence-corrected chi connectivity index (χ2v) is 9.37. The van der Waals surface area contributed by atoms with E-state index in [1.54, 1.807) is 7.11 Å². The van der Waals surface area contributed by atoms with Crippen LogP contribution >= 0.6 is 0 Å². The zero-order valence-electron chi connectivity index (χ0n) is 16.6. The van der Waals surface area contributed by atoms with Gasteiger partial charge in [0.05, 0.1) is 7.11 Å². The summed E-state index contributed by atoms with van der Waals surface area (Å²) in [6.45, 7) is 13.5. The molecule has 0 aromatic heterocycles. The van der Waals surface area contributed by atoms with Crippen molar-refractivity contribution in [2.24, 2.45) is 17.1 Å². The first-order chi connectivity index (χ1) is 11.1. The van der Waals surface area contributed by atoms with E-state index < -0.39 is 0 Å². The van der Waals surface area contributed by atoms with Gasteiger partial charge in [-0.1, -0.05) is 40.7 Å². The van der Waals surface area contributed by atoms with Crippen LogP contribution in [0.25, 0.3) is 0 Å². The van der Waals surface area contributed by atoms with Crippen LogP contribution in [0.4, 0.5) is 0 Å². The monoisotopic (exact) mass is 332 g/mol. The molecular weight excluding hydrogens is 296 g/mol. The number of benzene rings is 1. The minimum Gasteiger partial charge on any atom is -0.496 e. The van der Waals surface area contributed by atoms with Crippen molar-refractivity contribution in [2.75, 3.05) is 27.2 Å². The zero-order chi connectivity index (χ0) is 18.1. The second kappa shape index (κ2) is 7.05. The fourth-order valence-electron chi connectivity index (χ4n) is 4.48. The van der Waals surface area contributed by atoms with Crippen molar-refractivity contribution in [3.63, 3.8) is 0 Å². The van der Waals surface area contributed by atoms with Gasteiger partial charge in [-0.3, -0.25) is 4.90 Å². The maximum absolute atomic E-state index is 5.92. The Morgan fingerprint density at radius 3 is 2.38 bits per heavy atom.